The quantitative estimate of drug-likeness (QED) is 0.723. The molecule has 2 aliphatic rings. The number of carbonyl (C=O) groups excluding carboxylic acids is 2. The molecule has 2 aromatic carbocycles. The molecule has 1 aliphatic carbocycles. The molecule has 1 spiro atoms. The summed E-state index contributed by atoms with van der Waals surface area (Å²) in [5, 5.41) is 13.4. The molecule has 0 bridgehead atoms. The van der Waals surface area contributed by atoms with Crippen molar-refractivity contribution in [3.8, 4) is 5.75 Å². The molecular weight excluding hydrogens is 392 g/mol. The lowest BCUT2D eigenvalue weighted by molar-refractivity contribution is -0.133. The minimum Gasteiger partial charge on any atom is -0.491 e. The van der Waals surface area contributed by atoms with E-state index in [0.717, 1.165) is 28.9 Å². The third-order valence-corrected chi connectivity index (χ3v) is 6.21. The molecule has 6 heteroatoms. The first-order chi connectivity index (χ1) is 14.7. The smallest absolute Gasteiger partial charge is 0.325 e. The summed E-state index contributed by atoms with van der Waals surface area (Å²) in [4.78, 5) is 27.1. The zero-order valence-corrected chi connectivity index (χ0v) is 18.4. The van der Waals surface area contributed by atoms with Gasteiger partial charge in [-0.15, -0.1) is 0 Å². The van der Waals surface area contributed by atoms with Crippen LogP contribution in [0.25, 0.3) is 0 Å². The van der Waals surface area contributed by atoms with Crippen molar-refractivity contribution in [3.63, 3.8) is 0 Å². The second-order valence-corrected chi connectivity index (χ2v) is 9.50. The molecule has 1 saturated heterocycles. The predicted octanol–water partition coefficient (Wildman–Crippen LogP) is 3.51. The van der Waals surface area contributed by atoms with Gasteiger partial charge in [-0.05, 0) is 53.5 Å². The van der Waals surface area contributed by atoms with Gasteiger partial charge in [-0.25, -0.2) is 4.79 Å². The van der Waals surface area contributed by atoms with Crippen molar-refractivity contribution >= 4 is 11.9 Å². The Morgan fingerprint density at radius 2 is 1.84 bits per heavy atom. The van der Waals surface area contributed by atoms with Gasteiger partial charge in [0.1, 0.15) is 24.0 Å². The molecule has 6 nitrogen and oxygen atoms in total. The average molecular weight is 423 g/mol. The van der Waals surface area contributed by atoms with Crippen molar-refractivity contribution < 1.29 is 19.4 Å². The second kappa shape index (κ2) is 8.00. The fourth-order valence-corrected chi connectivity index (χ4v) is 4.48. The van der Waals surface area contributed by atoms with E-state index in [-0.39, 0.29) is 24.5 Å². The molecule has 164 valence electrons. The van der Waals surface area contributed by atoms with Gasteiger partial charge in [0.05, 0.1) is 6.54 Å². The number of nitrogens with zero attached hydrogens (tertiary/aromatic N) is 1. The van der Waals surface area contributed by atoms with E-state index in [1.165, 1.54) is 5.56 Å². The number of hydrogen-bond acceptors (Lipinski definition) is 4. The molecule has 0 saturated carbocycles. The number of aliphatic hydroxyl groups is 1. The molecule has 3 amide bonds. The van der Waals surface area contributed by atoms with E-state index in [4.69, 9.17) is 4.74 Å². The maximum Gasteiger partial charge on any atom is 0.325 e. The Bertz CT molecular complexity index is 980. The minimum absolute atomic E-state index is 0.00445. The maximum absolute atomic E-state index is 13.3. The van der Waals surface area contributed by atoms with Gasteiger partial charge in [0.2, 0.25) is 0 Å². The average Bonchev–Trinajstić information content (AvgIpc) is 2.97. The van der Waals surface area contributed by atoms with Gasteiger partial charge in [0, 0.05) is 0 Å². The van der Waals surface area contributed by atoms with Crippen LogP contribution >= 0.6 is 0 Å². The van der Waals surface area contributed by atoms with Crippen LogP contribution in [0.15, 0.2) is 48.5 Å². The highest BCUT2D eigenvalue weighted by Crippen LogP contribution is 2.39. The van der Waals surface area contributed by atoms with Crippen molar-refractivity contribution in [3.05, 3.63) is 65.2 Å². The van der Waals surface area contributed by atoms with Crippen LogP contribution in [0.2, 0.25) is 0 Å². The third-order valence-electron chi connectivity index (χ3n) is 6.21. The number of fused-ring (bicyclic) bond motifs is 2. The number of hydrogen-bond donors (Lipinski definition) is 2. The maximum atomic E-state index is 13.3. The lowest BCUT2D eigenvalue weighted by atomic mass is 9.76. The summed E-state index contributed by atoms with van der Waals surface area (Å²) in [6.45, 7) is 6.32. The van der Waals surface area contributed by atoms with Gasteiger partial charge in [0.25, 0.3) is 5.91 Å². The molecule has 4 rings (SSSR count). The van der Waals surface area contributed by atoms with E-state index >= 15 is 0 Å². The first-order valence-electron chi connectivity index (χ1n) is 10.8. The van der Waals surface area contributed by atoms with E-state index in [1.807, 2.05) is 48.5 Å². The highest BCUT2D eigenvalue weighted by molar-refractivity contribution is 6.07. The molecule has 1 aliphatic heterocycles. The Hall–Kier alpha value is -2.86. The SMILES string of the molecule is CC(C)(C)c1ccc(OC[C@@H](O)CN2C(=O)N[C@]3(CCCc4ccccc43)C2=O)cc1. The second-order valence-electron chi connectivity index (χ2n) is 9.50. The first kappa shape index (κ1) is 21.4. The summed E-state index contributed by atoms with van der Waals surface area (Å²) in [5.41, 5.74) is 2.18. The predicted molar refractivity (Wildman–Crippen MR) is 118 cm³/mol. The molecule has 0 radical (unpaired) electrons. The summed E-state index contributed by atoms with van der Waals surface area (Å²) >= 11 is 0. The molecule has 1 fully saturated rings. The number of aliphatic hydroxyl groups excluding tert-OH is 1. The van der Waals surface area contributed by atoms with Gasteiger partial charge in [-0.1, -0.05) is 57.2 Å². The molecule has 2 aromatic rings. The minimum atomic E-state index is -1.02. The zero-order chi connectivity index (χ0) is 22.2. The summed E-state index contributed by atoms with van der Waals surface area (Å²) in [6.07, 6.45) is 1.31. The van der Waals surface area contributed by atoms with Gasteiger partial charge >= 0.3 is 6.03 Å². The van der Waals surface area contributed by atoms with Crippen LogP contribution in [-0.4, -0.2) is 41.2 Å². The number of aryl methyl sites for hydroxylation is 1. The van der Waals surface area contributed by atoms with Crippen LogP contribution in [0.5, 0.6) is 5.75 Å². The van der Waals surface area contributed by atoms with Gasteiger partial charge in [-0.3, -0.25) is 9.69 Å². The fraction of sp³-hybridized carbons (Fsp3) is 0.440. The Kier molecular flexibility index (Phi) is 5.52. The standard InChI is InChI=1S/C25H30N2O4/c1-24(2,3)18-10-12-20(13-11-18)31-16-19(28)15-27-22(29)25(26-23(27)30)14-6-8-17-7-4-5-9-21(17)25/h4-5,7,9-13,19,28H,6,8,14-16H2,1-3H3,(H,26,30)/t19-,25-/m0/s1. The molecule has 0 aromatic heterocycles. The molecule has 0 unspecified atom stereocenters. The van der Waals surface area contributed by atoms with Crippen LogP contribution in [0.4, 0.5) is 4.79 Å². The first-order valence-corrected chi connectivity index (χ1v) is 10.8. The fourth-order valence-electron chi connectivity index (χ4n) is 4.48. The van der Waals surface area contributed by atoms with E-state index in [0.29, 0.717) is 12.2 Å². The Balaban J connectivity index is 1.41. The monoisotopic (exact) mass is 422 g/mol. The largest absolute Gasteiger partial charge is 0.491 e. The highest BCUT2D eigenvalue weighted by Gasteiger charge is 2.54. The topological polar surface area (TPSA) is 78.9 Å². The van der Waals surface area contributed by atoms with Crippen LogP contribution in [0.3, 0.4) is 0 Å². The number of benzene rings is 2. The number of carbonyl (C=O) groups is 2. The van der Waals surface area contributed by atoms with Crippen molar-refractivity contribution in [1.82, 2.24) is 10.2 Å². The summed E-state index contributed by atoms with van der Waals surface area (Å²) < 4.78 is 5.69. The van der Waals surface area contributed by atoms with E-state index in [2.05, 4.69) is 26.1 Å². The highest BCUT2D eigenvalue weighted by atomic mass is 16.5. The van der Waals surface area contributed by atoms with E-state index < -0.39 is 17.7 Å². The normalized spacial score (nSPS) is 21.7. The zero-order valence-electron chi connectivity index (χ0n) is 18.4. The number of nitrogens with one attached hydrogen (secondary N) is 1. The van der Waals surface area contributed by atoms with Crippen molar-refractivity contribution in [2.75, 3.05) is 13.2 Å². The van der Waals surface area contributed by atoms with Crippen molar-refractivity contribution in [2.45, 2.75) is 57.1 Å². The van der Waals surface area contributed by atoms with Gasteiger partial charge in [0.15, 0.2) is 0 Å². The Labute approximate surface area is 183 Å². The number of urea groups is 1. The third kappa shape index (κ3) is 4.04. The summed E-state index contributed by atoms with van der Waals surface area (Å²) in [6, 6.07) is 15.0. The number of rotatable bonds is 5. The van der Waals surface area contributed by atoms with Crippen LogP contribution in [0.1, 0.15) is 50.3 Å². The lowest BCUT2D eigenvalue weighted by Crippen LogP contribution is -2.47. The molecule has 2 atom stereocenters. The Morgan fingerprint density at radius 1 is 1.13 bits per heavy atom. The van der Waals surface area contributed by atoms with E-state index in [9.17, 15) is 14.7 Å². The number of β-amino-alcohol motifs (C(OH)–C–C–N with tert-alkyl or cyclic N) is 1. The summed E-state index contributed by atoms with van der Waals surface area (Å²) in [5.74, 6) is 0.347. The molecular formula is C25H30N2O4. The lowest BCUT2D eigenvalue weighted by Gasteiger charge is -2.33. The van der Waals surface area contributed by atoms with Gasteiger partial charge < -0.3 is 15.2 Å². The van der Waals surface area contributed by atoms with Crippen LogP contribution in [-0.2, 0) is 22.2 Å². The molecule has 2 N–H and O–H groups in total. The summed E-state index contributed by atoms with van der Waals surface area (Å²) in [7, 11) is 0. The van der Waals surface area contributed by atoms with Crippen molar-refractivity contribution in [1.29, 1.82) is 0 Å². The number of imide groups is 1. The number of amides is 3. The number of ether oxygens (including phenoxy) is 1. The van der Waals surface area contributed by atoms with Crippen LogP contribution < -0.4 is 10.1 Å². The van der Waals surface area contributed by atoms with Gasteiger partial charge in [-0.2, -0.15) is 0 Å². The Morgan fingerprint density at radius 3 is 2.55 bits per heavy atom. The molecule has 1 heterocycles. The van der Waals surface area contributed by atoms with E-state index in [1.54, 1.807) is 0 Å². The molecule has 31 heavy (non-hydrogen) atoms. The van der Waals surface area contributed by atoms with Crippen molar-refractivity contribution in [2.24, 2.45) is 0 Å². The van der Waals surface area contributed by atoms with Crippen LogP contribution in [0, 0.1) is 0 Å².